The summed E-state index contributed by atoms with van der Waals surface area (Å²) in [5, 5.41) is 10.1. The average Bonchev–Trinajstić information content (AvgIpc) is 3.11. The Bertz CT molecular complexity index is 651. The number of carbonyl (C=O) groups is 1. The van der Waals surface area contributed by atoms with E-state index in [1.54, 1.807) is 6.33 Å². The van der Waals surface area contributed by atoms with E-state index in [-0.39, 0.29) is 36.8 Å². The first-order chi connectivity index (χ1) is 10.7. The number of carbonyl (C=O) groups excluding carboxylic acids is 1. The molecule has 24 heavy (non-hydrogen) atoms. The second-order valence-corrected chi connectivity index (χ2v) is 5.60. The van der Waals surface area contributed by atoms with Gasteiger partial charge in [-0.25, -0.2) is 4.98 Å². The van der Waals surface area contributed by atoms with Crippen molar-refractivity contribution in [2.45, 2.75) is 39.2 Å². The third-order valence-electron chi connectivity index (χ3n) is 4.09. The normalized spacial score (nSPS) is 15.8. The summed E-state index contributed by atoms with van der Waals surface area (Å²) < 4.78 is 5.14. The summed E-state index contributed by atoms with van der Waals surface area (Å²) in [5.41, 5.74) is 3.93. The molecule has 3 N–H and O–H groups in total. The van der Waals surface area contributed by atoms with Crippen LogP contribution in [0.5, 0.6) is 0 Å². The van der Waals surface area contributed by atoms with Crippen molar-refractivity contribution in [3.8, 4) is 0 Å². The summed E-state index contributed by atoms with van der Waals surface area (Å²) >= 11 is 0. The number of halogens is 2. The molecule has 1 unspecified atom stereocenters. The Kier molecular flexibility index (Phi) is 7.72. The van der Waals surface area contributed by atoms with Crippen LogP contribution in [0.1, 0.15) is 40.9 Å². The third kappa shape index (κ3) is 4.28. The van der Waals surface area contributed by atoms with Gasteiger partial charge in [0.1, 0.15) is 11.8 Å². The van der Waals surface area contributed by atoms with Crippen LogP contribution in [0.15, 0.2) is 10.9 Å². The highest BCUT2D eigenvalue weighted by molar-refractivity contribution is 5.85. The fraction of sp³-hybridized carbons (Fsp3) is 0.533. The van der Waals surface area contributed by atoms with Crippen LogP contribution in [0.3, 0.4) is 0 Å². The Morgan fingerprint density at radius 3 is 2.92 bits per heavy atom. The van der Waals surface area contributed by atoms with E-state index in [1.807, 2.05) is 13.8 Å². The van der Waals surface area contributed by atoms with E-state index in [0.717, 1.165) is 54.2 Å². The first kappa shape index (κ1) is 20.5. The van der Waals surface area contributed by atoms with Gasteiger partial charge in [-0.2, -0.15) is 0 Å². The van der Waals surface area contributed by atoms with Crippen molar-refractivity contribution in [3.63, 3.8) is 0 Å². The third-order valence-corrected chi connectivity index (χ3v) is 4.09. The van der Waals surface area contributed by atoms with Gasteiger partial charge in [-0.15, -0.1) is 24.8 Å². The Morgan fingerprint density at radius 2 is 2.21 bits per heavy atom. The van der Waals surface area contributed by atoms with Gasteiger partial charge in [0.15, 0.2) is 0 Å². The van der Waals surface area contributed by atoms with Crippen LogP contribution in [-0.4, -0.2) is 34.1 Å². The second-order valence-electron chi connectivity index (χ2n) is 5.60. The van der Waals surface area contributed by atoms with Gasteiger partial charge in [0.2, 0.25) is 5.91 Å². The molecule has 1 atom stereocenters. The van der Waals surface area contributed by atoms with E-state index in [0.29, 0.717) is 6.54 Å². The topological polar surface area (TPSA) is 95.8 Å². The molecule has 0 aliphatic carbocycles. The lowest BCUT2D eigenvalue weighted by atomic mass is 10.0. The van der Waals surface area contributed by atoms with Gasteiger partial charge >= 0.3 is 0 Å². The van der Waals surface area contributed by atoms with Crippen molar-refractivity contribution in [1.29, 1.82) is 0 Å². The number of nitrogens with zero attached hydrogens (tertiary/aromatic N) is 2. The molecule has 0 saturated heterocycles. The monoisotopic (exact) mass is 375 g/mol. The highest BCUT2D eigenvalue weighted by Crippen LogP contribution is 2.19. The lowest BCUT2D eigenvalue weighted by Gasteiger charge is -2.22. The van der Waals surface area contributed by atoms with Crippen LogP contribution >= 0.6 is 24.8 Å². The molecule has 0 aromatic carbocycles. The van der Waals surface area contributed by atoms with Gasteiger partial charge < -0.3 is 20.1 Å². The number of hydrogen-bond acceptors (Lipinski definition) is 5. The molecule has 2 aromatic heterocycles. The van der Waals surface area contributed by atoms with Crippen LogP contribution in [0, 0.1) is 13.8 Å². The Hall–Kier alpha value is -1.57. The number of H-pyrrole nitrogens is 1. The maximum Gasteiger partial charge on any atom is 0.243 e. The quantitative estimate of drug-likeness (QED) is 0.692. The molecule has 3 heterocycles. The molecule has 3 rings (SSSR count). The minimum absolute atomic E-state index is 0. The van der Waals surface area contributed by atoms with E-state index in [2.05, 4.69) is 25.8 Å². The number of amides is 1. The van der Waals surface area contributed by atoms with Crippen molar-refractivity contribution in [1.82, 2.24) is 25.8 Å². The van der Waals surface area contributed by atoms with E-state index in [4.69, 9.17) is 4.52 Å². The summed E-state index contributed by atoms with van der Waals surface area (Å²) in [6, 6.07) is -0.353. The van der Waals surface area contributed by atoms with Crippen molar-refractivity contribution in [3.05, 3.63) is 34.7 Å². The molecule has 0 bridgehead atoms. The fourth-order valence-electron chi connectivity index (χ4n) is 2.87. The molecule has 1 aliphatic heterocycles. The van der Waals surface area contributed by atoms with Crippen LogP contribution < -0.4 is 10.6 Å². The first-order valence-electron chi connectivity index (χ1n) is 7.62. The average molecular weight is 376 g/mol. The molecule has 2 aromatic rings. The van der Waals surface area contributed by atoms with Crippen molar-refractivity contribution in [2.75, 3.05) is 13.1 Å². The summed E-state index contributed by atoms with van der Waals surface area (Å²) in [6.07, 6.45) is 4.24. The summed E-state index contributed by atoms with van der Waals surface area (Å²) in [5.74, 6) is 0.839. The fourth-order valence-corrected chi connectivity index (χ4v) is 2.87. The highest BCUT2D eigenvalue weighted by atomic mass is 35.5. The number of hydrogen-bond donors (Lipinski definition) is 3. The molecule has 0 spiro atoms. The molecular weight excluding hydrogens is 353 g/mol. The second kappa shape index (κ2) is 9.05. The summed E-state index contributed by atoms with van der Waals surface area (Å²) in [4.78, 5) is 19.6. The van der Waals surface area contributed by atoms with Gasteiger partial charge in [-0.1, -0.05) is 5.16 Å². The van der Waals surface area contributed by atoms with Gasteiger partial charge in [-0.3, -0.25) is 4.79 Å². The number of nitrogens with one attached hydrogen (secondary N) is 3. The minimum atomic E-state index is -0.353. The van der Waals surface area contributed by atoms with Crippen LogP contribution in [-0.2, 0) is 17.6 Å². The standard InChI is InChI=1S/C15H21N5O2.2ClH/c1-9-11(10(2)22-20-9)4-3-6-17-15(21)14-13-12(5-7-16-14)18-8-19-13;;/h8,14,16H,3-7H2,1-2H3,(H,17,21)(H,18,19);2*1H. The van der Waals surface area contributed by atoms with Crippen molar-refractivity contribution >= 4 is 30.7 Å². The number of fused-ring (bicyclic) bond motifs is 1. The molecule has 0 radical (unpaired) electrons. The van der Waals surface area contributed by atoms with E-state index in [9.17, 15) is 4.79 Å². The molecule has 0 saturated carbocycles. The lowest BCUT2D eigenvalue weighted by molar-refractivity contribution is -0.123. The van der Waals surface area contributed by atoms with Gasteiger partial charge in [0, 0.05) is 30.8 Å². The molecular formula is C15H23Cl2N5O2. The molecule has 7 nitrogen and oxygen atoms in total. The van der Waals surface area contributed by atoms with Crippen LogP contribution in [0.25, 0.3) is 0 Å². The van der Waals surface area contributed by atoms with Crippen LogP contribution in [0.4, 0.5) is 0 Å². The molecule has 1 amide bonds. The van der Waals surface area contributed by atoms with Gasteiger partial charge in [0.25, 0.3) is 0 Å². The SMILES string of the molecule is Cc1noc(C)c1CCCNC(=O)C1NCCc2[nH]cnc21.Cl.Cl. The zero-order chi connectivity index (χ0) is 15.5. The highest BCUT2D eigenvalue weighted by Gasteiger charge is 2.27. The Labute approximate surface area is 153 Å². The number of aryl methyl sites for hydroxylation is 2. The molecule has 0 fully saturated rings. The number of aromatic amines is 1. The zero-order valence-corrected chi connectivity index (χ0v) is 15.4. The number of aromatic nitrogens is 3. The Balaban J connectivity index is 0.00000144. The van der Waals surface area contributed by atoms with Crippen LogP contribution in [0.2, 0.25) is 0 Å². The maximum absolute atomic E-state index is 12.3. The van der Waals surface area contributed by atoms with E-state index >= 15 is 0 Å². The Morgan fingerprint density at radius 1 is 1.42 bits per heavy atom. The van der Waals surface area contributed by atoms with E-state index < -0.39 is 0 Å². The molecule has 9 heteroatoms. The zero-order valence-electron chi connectivity index (χ0n) is 13.7. The van der Waals surface area contributed by atoms with Crippen molar-refractivity contribution in [2.24, 2.45) is 0 Å². The number of rotatable bonds is 5. The molecule has 1 aliphatic rings. The lowest BCUT2D eigenvalue weighted by Crippen LogP contribution is -2.41. The van der Waals surface area contributed by atoms with E-state index in [1.165, 1.54) is 0 Å². The predicted molar refractivity (Wildman–Crippen MR) is 94.8 cm³/mol. The van der Waals surface area contributed by atoms with Crippen molar-refractivity contribution < 1.29 is 9.32 Å². The van der Waals surface area contributed by atoms with Gasteiger partial charge in [-0.05, 0) is 26.7 Å². The largest absolute Gasteiger partial charge is 0.361 e. The smallest absolute Gasteiger partial charge is 0.243 e. The van der Waals surface area contributed by atoms with Gasteiger partial charge in [0.05, 0.1) is 17.7 Å². The summed E-state index contributed by atoms with van der Waals surface area (Å²) in [6.45, 7) is 5.27. The molecule has 134 valence electrons. The predicted octanol–water partition coefficient (Wildman–Crippen LogP) is 1.79. The first-order valence-corrected chi connectivity index (χ1v) is 7.62. The minimum Gasteiger partial charge on any atom is -0.361 e. The number of imidazole rings is 1. The maximum atomic E-state index is 12.3. The summed E-state index contributed by atoms with van der Waals surface area (Å²) in [7, 11) is 0.